The van der Waals surface area contributed by atoms with Gasteiger partial charge < -0.3 is 20.6 Å². The minimum Gasteiger partial charge on any atom is -0.395 e. The minimum absolute atomic E-state index is 0.0310. The highest BCUT2D eigenvalue weighted by atomic mass is 16.3. The van der Waals surface area contributed by atoms with Crippen molar-refractivity contribution in [1.82, 2.24) is 5.32 Å². The van der Waals surface area contributed by atoms with E-state index in [2.05, 4.69) is 12.2 Å². The molecule has 1 aliphatic rings. The molecule has 0 heterocycles. The normalized spacial score (nSPS) is 23.7. The topological polar surface area (TPSA) is 107 Å². The molecular weight excluding hydrogens is 358 g/mol. The van der Waals surface area contributed by atoms with E-state index in [0.29, 0.717) is 25.7 Å². The van der Waals surface area contributed by atoms with Crippen molar-refractivity contribution in [2.24, 2.45) is 11.8 Å². The van der Waals surface area contributed by atoms with E-state index < -0.39 is 12.2 Å². The van der Waals surface area contributed by atoms with Gasteiger partial charge in [-0.05, 0) is 25.7 Å². The average molecular weight is 396 g/mol. The molecule has 1 rings (SSSR count). The number of aliphatic hydroxyl groups is 3. The van der Waals surface area contributed by atoms with E-state index >= 15 is 0 Å². The Labute approximate surface area is 168 Å². The van der Waals surface area contributed by atoms with Crippen molar-refractivity contribution in [2.75, 3.05) is 13.2 Å². The monoisotopic (exact) mass is 395 g/mol. The maximum absolute atomic E-state index is 12.2. The number of hydrogen-bond acceptors (Lipinski definition) is 5. The Balaban J connectivity index is 2.40. The summed E-state index contributed by atoms with van der Waals surface area (Å²) in [4.78, 5) is 23.6. The van der Waals surface area contributed by atoms with Gasteiger partial charge in [0.05, 0.1) is 18.8 Å². The van der Waals surface area contributed by atoms with Crippen LogP contribution >= 0.6 is 0 Å². The second-order valence-corrected chi connectivity index (χ2v) is 7.55. The number of aliphatic hydroxyl groups excluding tert-OH is 3. The number of amides is 1. The van der Waals surface area contributed by atoms with Crippen LogP contribution in [0, 0.1) is 11.8 Å². The van der Waals surface area contributed by atoms with E-state index in [1.54, 1.807) is 12.2 Å². The van der Waals surface area contributed by atoms with Crippen LogP contribution in [0.2, 0.25) is 0 Å². The Kier molecular flexibility index (Phi) is 12.7. The summed E-state index contributed by atoms with van der Waals surface area (Å²) in [7, 11) is 0. The van der Waals surface area contributed by atoms with Gasteiger partial charge in [0.15, 0.2) is 0 Å². The second kappa shape index (κ2) is 14.5. The van der Waals surface area contributed by atoms with Crippen LogP contribution in [0.1, 0.15) is 64.7 Å². The Morgan fingerprint density at radius 3 is 2.79 bits per heavy atom. The zero-order valence-corrected chi connectivity index (χ0v) is 17.1. The molecule has 0 radical (unpaired) electrons. The maximum atomic E-state index is 12.2. The van der Waals surface area contributed by atoms with Gasteiger partial charge in [-0.3, -0.25) is 9.59 Å². The van der Waals surface area contributed by atoms with Crippen molar-refractivity contribution >= 4 is 11.7 Å². The van der Waals surface area contributed by atoms with Gasteiger partial charge in [-0.2, -0.15) is 0 Å². The first kappa shape index (κ1) is 24.5. The zero-order chi connectivity index (χ0) is 20.8. The number of hydrogen-bond donors (Lipinski definition) is 4. The number of unbranched alkanes of at least 4 members (excludes halogenated alkanes) is 3. The third-order valence-corrected chi connectivity index (χ3v) is 5.17. The van der Waals surface area contributed by atoms with Crippen LogP contribution in [-0.2, 0) is 9.59 Å². The molecule has 4 atom stereocenters. The highest BCUT2D eigenvalue weighted by molar-refractivity contribution is 5.86. The number of carbonyl (C=O) groups is 2. The fourth-order valence-electron chi connectivity index (χ4n) is 3.51. The average Bonchev–Trinajstić information content (AvgIpc) is 2.94. The van der Waals surface area contributed by atoms with Crippen LogP contribution in [-0.4, -0.2) is 52.4 Å². The number of allylic oxidation sites excluding steroid dienone is 3. The summed E-state index contributed by atoms with van der Waals surface area (Å²) in [5.74, 6) is -0.536. The van der Waals surface area contributed by atoms with Gasteiger partial charge in [0, 0.05) is 31.2 Å². The zero-order valence-electron chi connectivity index (χ0n) is 17.1. The van der Waals surface area contributed by atoms with E-state index in [1.807, 2.05) is 12.2 Å². The summed E-state index contributed by atoms with van der Waals surface area (Å²) in [6.45, 7) is 2.34. The predicted octanol–water partition coefficient (Wildman–Crippen LogP) is 2.28. The molecule has 1 saturated carbocycles. The second-order valence-electron chi connectivity index (χ2n) is 7.55. The van der Waals surface area contributed by atoms with Crippen molar-refractivity contribution in [2.45, 2.75) is 76.9 Å². The smallest absolute Gasteiger partial charge is 0.220 e. The highest BCUT2D eigenvalue weighted by Gasteiger charge is 2.39. The molecule has 0 aromatic carbocycles. The van der Waals surface area contributed by atoms with E-state index in [-0.39, 0.29) is 43.1 Å². The van der Waals surface area contributed by atoms with Gasteiger partial charge in [-0.1, -0.05) is 50.5 Å². The molecule has 1 aliphatic carbocycles. The van der Waals surface area contributed by atoms with Crippen LogP contribution in [0.25, 0.3) is 0 Å². The Bertz CT molecular complexity index is 517. The van der Waals surface area contributed by atoms with E-state index in [1.165, 1.54) is 0 Å². The number of ketones is 1. The predicted molar refractivity (Wildman–Crippen MR) is 110 cm³/mol. The molecule has 0 aliphatic heterocycles. The van der Waals surface area contributed by atoms with Crippen LogP contribution in [0.4, 0.5) is 0 Å². The summed E-state index contributed by atoms with van der Waals surface area (Å²) in [5, 5.41) is 31.5. The number of nitrogens with one attached hydrogen (secondary N) is 1. The molecule has 0 spiro atoms. The molecule has 6 nitrogen and oxygen atoms in total. The lowest BCUT2D eigenvalue weighted by Gasteiger charge is -2.17. The van der Waals surface area contributed by atoms with Gasteiger partial charge in [0.2, 0.25) is 5.91 Å². The molecule has 0 saturated heterocycles. The first-order chi connectivity index (χ1) is 13.5. The number of carbonyl (C=O) groups excluding carboxylic acids is 2. The third kappa shape index (κ3) is 9.62. The first-order valence-corrected chi connectivity index (χ1v) is 10.6. The quantitative estimate of drug-likeness (QED) is 0.267. The largest absolute Gasteiger partial charge is 0.395 e. The summed E-state index contributed by atoms with van der Waals surface area (Å²) in [6.07, 6.45) is 12.8. The third-order valence-electron chi connectivity index (χ3n) is 5.17. The lowest BCUT2D eigenvalue weighted by atomic mass is 9.90. The molecule has 28 heavy (non-hydrogen) atoms. The Hall–Kier alpha value is -1.50. The van der Waals surface area contributed by atoms with Crippen LogP contribution in [0.5, 0.6) is 0 Å². The highest BCUT2D eigenvalue weighted by Crippen LogP contribution is 2.33. The molecule has 1 amide bonds. The molecule has 3 unspecified atom stereocenters. The van der Waals surface area contributed by atoms with Crippen molar-refractivity contribution in [1.29, 1.82) is 0 Å². The van der Waals surface area contributed by atoms with Crippen molar-refractivity contribution < 1.29 is 24.9 Å². The first-order valence-electron chi connectivity index (χ1n) is 10.6. The lowest BCUT2D eigenvalue weighted by molar-refractivity contribution is -0.121. The van der Waals surface area contributed by atoms with E-state index in [9.17, 15) is 19.8 Å². The maximum Gasteiger partial charge on any atom is 0.220 e. The summed E-state index contributed by atoms with van der Waals surface area (Å²) in [5.41, 5.74) is 0. The van der Waals surface area contributed by atoms with Gasteiger partial charge in [-0.15, -0.1) is 0 Å². The molecule has 160 valence electrons. The van der Waals surface area contributed by atoms with Gasteiger partial charge in [0.1, 0.15) is 5.78 Å². The molecule has 4 N–H and O–H groups in total. The van der Waals surface area contributed by atoms with Crippen LogP contribution < -0.4 is 5.32 Å². The molecular formula is C22H37NO5. The van der Waals surface area contributed by atoms with Crippen LogP contribution in [0.15, 0.2) is 24.3 Å². The molecule has 1 fully saturated rings. The molecule has 6 heteroatoms. The lowest BCUT2D eigenvalue weighted by Crippen LogP contribution is -2.25. The van der Waals surface area contributed by atoms with Gasteiger partial charge >= 0.3 is 0 Å². The van der Waals surface area contributed by atoms with Gasteiger partial charge in [-0.25, -0.2) is 0 Å². The fraction of sp³-hybridized carbons (Fsp3) is 0.727. The summed E-state index contributed by atoms with van der Waals surface area (Å²) < 4.78 is 0. The standard InChI is InChI=1S/C22H37NO5/c1-2-3-6-9-17(25)12-13-19-18(20(26)16-21(19)27)10-7-4-5-8-11-22(28)23-14-15-24/h4,7,12-13,17-20,24-26H,2-3,5-6,8-11,14-16H2,1H3,(H,23,28)/t17?,18?,19-,20?/m1/s1. The summed E-state index contributed by atoms with van der Waals surface area (Å²) in [6, 6.07) is 0. The Morgan fingerprint density at radius 1 is 1.29 bits per heavy atom. The van der Waals surface area contributed by atoms with E-state index in [0.717, 1.165) is 25.7 Å². The molecule has 0 aromatic heterocycles. The van der Waals surface area contributed by atoms with Gasteiger partial charge in [0.25, 0.3) is 0 Å². The SMILES string of the molecule is CCCCCC(O)C=C[C@H]1C(=O)CC(O)C1CC=CCCCC(=O)NCCO. The minimum atomic E-state index is -0.645. The number of rotatable bonds is 14. The Morgan fingerprint density at radius 2 is 2.07 bits per heavy atom. The molecule has 0 aromatic rings. The van der Waals surface area contributed by atoms with Crippen molar-refractivity contribution in [3.63, 3.8) is 0 Å². The molecule has 0 bridgehead atoms. The van der Waals surface area contributed by atoms with Crippen molar-refractivity contribution in [3.05, 3.63) is 24.3 Å². The van der Waals surface area contributed by atoms with Crippen molar-refractivity contribution in [3.8, 4) is 0 Å². The fourth-order valence-corrected chi connectivity index (χ4v) is 3.51. The van der Waals surface area contributed by atoms with Crippen LogP contribution in [0.3, 0.4) is 0 Å². The summed E-state index contributed by atoms with van der Waals surface area (Å²) >= 11 is 0. The van der Waals surface area contributed by atoms with E-state index in [4.69, 9.17) is 5.11 Å². The number of Topliss-reactive ketones (excluding diaryl/α,β-unsaturated/α-hetero) is 1.